The first-order valence-corrected chi connectivity index (χ1v) is 10.5. The summed E-state index contributed by atoms with van der Waals surface area (Å²) in [6, 6.07) is 0.725. The molecular formula is C20H33N5O. The zero-order valence-electron chi connectivity index (χ0n) is 16.0. The largest absolute Gasteiger partial charge is 0.378 e. The van der Waals surface area contributed by atoms with Gasteiger partial charge < -0.3 is 14.5 Å². The van der Waals surface area contributed by atoms with Gasteiger partial charge in [0.05, 0.1) is 13.2 Å². The van der Waals surface area contributed by atoms with E-state index in [9.17, 15) is 0 Å². The molecule has 4 rings (SSSR count). The van der Waals surface area contributed by atoms with Crippen molar-refractivity contribution >= 4 is 5.95 Å². The van der Waals surface area contributed by atoms with Crippen LogP contribution in [0.3, 0.4) is 0 Å². The van der Waals surface area contributed by atoms with E-state index in [1.165, 1.54) is 70.3 Å². The van der Waals surface area contributed by atoms with Crippen LogP contribution in [0.5, 0.6) is 0 Å². The van der Waals surface area contributed by atoms with Crippen LogP contribution in [0.15, 0.2) is 12.4 Å². The molecule has 4 heterocycles. The fourth-order valence-corrected chi connectivity index (χ4v) is 4.52. The number of rotatable bonds is 6. The number of nitrogens with zero attached hydrogens (tertiary/aromatic N) is 5. The normalized spacial score (nSPS) is 25.7. The lowest BCUT2D eigenvalue weighted by Gasteiger charge is -2.36. The van der Waals surface area contributed by atoms with Crippen LogP contribution < -0.4 is 4.90 Å². The second-order valence-electron chi connectivity index (χ2n) is 7.95. The highest BCUT2D eigenvalue weighted by Crippen LogP contribution is 2.23. The molecule has 1 atom stereocenters. The summed E-state index contributed by atoms with van der Waals surface area (Å²) in [7, 11) is 0. The zero-order chi connectivity index (χ0) is 17.6. The number of hydrogen-bond donors (Lipinski definition) is 0. The Morgan fingerprint density at radius 3 is 2.42 bits per heavy atom. The second-order valence-corrected chi connectivity index (χ2v) is 7.95. The molecule has 1 aromatic heterocycles. The average molecular weight is 360 g/mol. The number of ether oxygens (including phenoxy) is 1. The molecule has 0 unspecified atom stereocenters. The summed E-state index contributed by atoms with van der Waals surface area (Å²) < 4.78 is 5.41. The van der Waals surface area contributed by atoms with Crippen LogP contribution in [-0.4, -0.2) is 78.3 Å². The summed E-state index contributed by atoms with van der Waals surface area (Å²) >= 11 is 0. The van der Waals surface area contributed by atoms with E-state index in [4.69, 9.17) is 4.74 Å². The van der Waals surface area contributed by atoms with Gasteiger partial charge in [0, 0.05) is 43.6 Å². The summed E-state index contributed by atoms with van der Waals surface area (Å²) in [5.41, 5.74) is 1.25. The number of likely N-dealkylation sites (tertiary alicyclic amines) is 2. The molecule has 0 bridgehead atoms. The lowest BCUT2D eigenvalue weighted by molar-refractivity contribution is 0.120. The molecule has 3 saturated heterocycles. The minimum atomic E-state index is 0.725. The fraction of sp³-hybridized carbons (Fsp3) is 0.800. The van der Waals surface area contributed by atoms with Crippen molar-refractivity contribution in [3.63, 3.8) is 0 Å². The zero-order valence-corrected chi connectivity index (χ0v) is 16.0. The van der Waals surface area contributed by atoms with Crippen molar-refractivity contribution in [2.75, 3.05) is 57.4 Å². The Kier molecular flexibility index (Phi) is 6.35. The smallest absolute Gasteiger partial charge is 0.225 e. The SMILES string of the molecule is c1nc(N2CCOCC2)ncc1CN1CCCC[C@H]1CCN1CCCC1. The predicted molar refractivity (Wildman–Crippen MR) is 103 cm³/mol. The quantitative estimate of drug-likeness (QED) is 0.776. The van der Waals surface area contributed by atoms with Gasteiger partial charge in [0.2, 0.25) is 5.95 Å². The topological polar surface area (TPSA) is 44.7 Å². The highest BCUT2D eigenvalue weighted by atomic mass is 16.5. The van der Waals surface area contributed by atoms with Crippen LogP contribution in [0.1, 0.15) is 44.1 Å². The summed E-state index contributed by atoms with van der Waals surface area (Å²) in [5, 5.41) is 0. The maximum atomic E-state index is 5.41. The van der Waals surface area contributed by atoms with E-state index >= 15 is 0 Å². The van der Waals surface area contributed by atoms with Gasteiger partial charge in [-0.3, -0.25) is 4.90 Å². The molecule has 0 radical (unpaired) electrons. The van der Waals surface area contributed by atoms with Crippen molar-refractivity contribution in [1.82, 2.24) is 19.8 Å². The molecular weight excluding hydrogens is 326 g/mol. The Balaban J connectivity index is 1.31. The van der Waals surface area contributed by atoms with Crippen molar-refractivity contribution in [1.29, 1.82) is 0 Å². The van der Waals surface area contributed by atoms with Crippen LogP contribution in [0, 0.1) is 0 Å². The molecule has 6 nitrogen and oxygen atoms in total. The lowest BCUT2D eigenvalue weighted by atomic mass is 9.98. The molecule has 0 amide bonds. The molecule has 26 heavy (non-hydrogen) atoms. The molecule has 6 heteroatoms. The number of aromatic nitrogens is 2. The molecule has 144 valence electrons. The molecule has 0 aromatic carbocycles. The number of morpholine rings is 1. The molecule has 3 fully saturated rings. The van der Waals surface area contributed by atoms with Crippen molar-refractivity contribution in [3.05, 3.63) is 18.0 Å². The van der Waals surface area contributed by atoms with E-state index in [0.29, 0.717) is 0 Å². The first kappa shape index (κ1) is 18.1. The Morgan fingerprint density at radius 2 is 1.65 bits per heavy atom. The predicted octanol–water partition coefficient (Wildman–Crippen LogP) is 2.15. The standard InChI is InChI=1S/C20H33N5O/c1-2-9-25(19(5-1)6-10-23-7-3-4-8-23)17-18-15-21-20(22-16-18)24-11-13-26-14-12-24/h15-16,19H,1-14,17H2/t19-/m0/s1. The number of hydrogen-bond acceptors (Lipinski definition) is 6. The molecule has 1 aromatic rings. The van der Waals surface area contributed by atoms with Gasteiger partial charge in [0.1, 0.15) is 0 Å². The van der Waals surface area contributed by atoms with E-state index in [2.05, 4.69) is 24.7 Å². The van der Waals surface area contributed by atoms with E-state index in [0.717, 1.165) is 44.8 Å². The Hall–Kier alpha value is -1.24. The number of piperidine rings is 1. The van der Waals surface area contributed by atoms with Crippen LogP contribution in [0.2, 0.25) is 0 Å². The lowest BCUT2D eigenvalue weighted by Crippen LogP contribution is -2.41. The van der Waals surface area contributed by atoms with Crippen molar-refractivity contribution < 1.29 is 4.74 Å². The minimum absolute atomic E-state index is 0.725. The Bertz CT molecular complexity index is 540. The molecule has 3 aliphatic rings. The highest BCUT2D eigenvalue weighted by molar-refractivity contribution is 5.30. The Labute approximate surface area is 157 Å². The van der Waals surface area contributed by atoms with Gasteiger partial charge in [0.25, 0.3) is 0 Å². The maximum absolute atomic E-state index is 5.41. The van der Waals surface area contributed by atoms with Crippen molar-refractivity contribution in [3.8, 4) is 0 Å². The molecule has 0 N–H and O–H groups in total. The monoisotopic (exact) mass is 359 g/mol. The van der Waals surface area contributed by atoms with Gasteiger partial charge in [-0.15, -0.1) is 0 Å². The molecule has 0 aliphatic carbocycles. The van der Waals surface area contributed by atoms with E-state index < -0.39 is 0 Å². The van der Waals surface area contributed by atoms with Crippen LogP contribution >= 0.6 is 0 Å². The first-order valence-electron chi connectivity index (χ1n) is 10.5. The molecule has 3 aliphatic heterocycles. The van der Waals surface area contributed by atoms with Gasteiger partial charge in [-0.25, -0.2) is 9.97 Å². The third-order valence-electron chi connectivity index (χ3n) is 6.10. The highest BCUT2D eigenvalue weighted by Gasteiger charge is 2.24. The van der Waals surface area contributed by atoms with Gasteiger partial charge >= 0.3 is 0 Å². The third-order valence-corrected chi connectivity index (χ3v) is 6.10. The molecule has 0 saturated carbocycles. The van der Waals surface area contributed by atoms with Gasteiger partial charge in [-0.05, 0) is 58.3 Å². The van der Waals surface area contributed by atoms with Crippen LogP contribution in [-0.2, 0) is 11.3 Å². The van der Waals surface area contributed by atoms with Gasteiger partial charge in [0.15, 0.2) is 0 Å². The van der Waals surface area contributed by atoms with Crippen LogP contribution in [0.4, 0.5) is 5.95 Å². The average Bonchev–Trinajstić information content (AvgIpc) is 3.22. The third kappa shape index (κ3) is 4.72. The summed E-state index contributed by atoms with van der Waals surface area (Å²) in [6.07, 6.45) is 12.2. The summed E-state index contributed by atoms with van der Waals surface area (Å²) in [4.78, 5) is 16.8. The van der Waals surface area contributed by atoms with E-state index in [1.807, 2.05) is 12.4 Å². The van der Waals surface area contributed by atoms with Crippen molar-refractivity contribution in [2.45, 2.75) is 51.1 Å². The summed E-state index contributed by atoms with van der Waals surface area (Å²) in [5.74, 6) is 0.848. The minimum Gasteiger partial charge on any atom is -0.378 e. The summed E-state index contributed by atoms with van der Waals surface area (Å²) in [6.45, 7) is 9.44. The van der Waals surface area contributed by atoms with Crippen LogP contribution in [0.25, 0.3) is 0 Å². The fourth-order valence-electron chi connectivity index (χ4n) is 4.52. The maximum Gasteiger partial charge on any atom is 0.225 e. The number of anilines is 1. The first-order chi connectivity index (χ1) is 12.9. The molecule has 0 spiro atoms. The Morgan fingerprint density at radius 1 is 0.923 bits per heavy atom. The second kappa shape index (κ2) is 9.11. The van der Waals surface area contributed by atoms with Gasteiger partial charge in [-0.1, -0.05) is 6.42 Å². The van der Waals surface area contributed by atoms with Crippen molar-refractivity contribution in [2.24, 2.45) is 0 Å². The van der Waals surface area contributed by atoms with Gasteiger partial charge in [-0.2, -0.15) is 0 Å². The van der Waals surface area contributed by atoms with E-state index in [1.54, 1.807) is 0 Å². The van der Waals surface area contributed by atoms with E-state index in [-0.39, 0.29) is 0 Å².